The predicted molar refractivity (Wildman–Crippen MR) is 119 cm³/mol. The number of anilines is 2. The standard InChI is InChI=1S/C23H27ClFN5O/c24-17-7-4-8-18(21(17)25)27-23-28-19-14-26-20(13-15-9-11-31-12-10-15)29-22(19)30(23)16-5-2-1-3-6-16/h4,7-8,14-16H,1-3,5-6,9-13H2,(H,27,28). The smallest absolute Gasteiger partial charge is 0.210 e. The molecule has 1 N–H and O–H groups in total. The molecule has 0 amide bonds. The molecular weight excluding hydrogens is 417 g/mol. The van der Waals surface area contributed by atoms with E-state index in [1.807, 2.05) is 0 Å². The van der Waals surface area contributed by atoms with E-state index in [0.717, 1.165) is 62.3 Å². The number of nitrogens with zero attached hydrogens (tertiary/aromatic N) is 4. The van der Waals surface area contributed by atoms with Crippen LogP contribution in [0.2, 0.25) is 5.02 Å². The molecule has 1 aliphatic heterocycles. The molecule has 1 saturated heterocycles. The molecule has 2 aliphatic rings. The first kappa shape index (κ1) is 20.6. The topological polar surface area (TPSA) is 64.9 Å². The minimum absolute atomic E-state index is 0.0869. The molecule has 2 fully saturated rings. The van der Waals surface area contributed by atoms with E-state index in [9.17, 15) is 4.39 Å². The van der Waals surface area contributed by atoms with E-state index in [-0.39, 0.29) is 11.1 Å². The summed E-state index contributed by atoms with van der Waals surface area (Å²) < 4.78 is 22.2. The van der Waals surface area contributed by atoms with E-state index in [0.29, 0.717) is 17.6 Å². The van der Waals surface area contributed by atoms with Gasteiger partial charge in [-0.3, -0.25) is 4.57 Å². The van der Waals surface area contributed by atoms with Gasteiger partial charge < -0.3 is 10.1 Å². The summed E-state index contributed by atoms with van der Waals surface area (Å²) in [6.45, 7) is 1.62. The number of hydrogen-bond acceptors (Lipinski definition) is 5. The third-order valence-corrected chi connectivity index (χ3v) is 6.72. The van der Waals surface area contributed by atoms with Gasteiger partial charge in [0, 0.05) is 25.7 Å². The minimum atomic E-state index is -0.474. The lowest BCUT2D eigenvalue weighted by atomic mass is 9.95. The number of hydrogen-bond donors (Lipinski definition) is 1. The summed E-state index contributed by atoms with van der Waals surface area (Å²) in [6, 6.07) is 5.23. The Hall–Kier alpha value is -2.25. The number of ether oxygens (including phenoxy) is 1. The maximum absolute atomic E-state index is 14.6. The second-order valence-electron chi connectivity index (χ2n) is 8.58. The molecule has 6 nitrogen and oxygen atoms in total. The molecule has 5 rings (SSSR count). The summed E-state index contributed by atoms with van der Waals surface area (Å²) in [7, 11) is 0. The zero-order valence-corrected chi connectivity index (χ0v) is 18.2. The fourth-order valence-corrected chi connectivity index (χ4v) is 4.90. The maximum Gasteiger partial charge on any atom is 0.210 e. The molecule has 1 aliphatic carbocycles. The van der Waals surface area contributed by atoms with Crippen molar-refractivity contribution < 1.29 is 9.13 Å². The molecule has 0 unspecified atom stereocenters. The second-order valence-corrected chi connectivity index (χ2v) is 8.99. The van der Waals surface area contributed by atoms with Crippen molar-refractivity contribution >= 4 is 34.4 Å². The minimum Gasteiger partial charge on any atom is -0.381 e. The van der Waals surface area contributed by atoms with Gasteiger partial charge in [-0.1, -0.05) is 36.9 Å². The van der Waals surface area contributed by atoms with Crippen LogP contribution in [-0.2, 0) is 11.2 Å². The summed E-state index contributed by atoms with van der Waals surface area (Å²) in [5.74, 6) is 1.52. The van der Waals surface area contributed by atoms with E-state index < -0.39 is 5.82 Å². The van der Waals surface area contributed by atoms with Crippen molar-refractivity contribution in [1.29, 1.82) is 0 Å². The van der Waals surface area contributed by atoms with Crippen LogP contribution in [0.15, 0.2) is 24.4 Å². The molecule has 31 heavy (non-hydrogen) atoms. The lowest BCUT2D eigenvalue weighted by Gasteiger charge is -2.25. The van der Waals surface area contributed by atoms with Crippen molar-refractivity contribution in [3.8, 4) is 0 Å². The monoisotopic (exact) mass is 443 g/mol. The van der Waals surface area contributed by atoms with Crippen molar-refractivity contribution in [2.75, 3.05) is 18.5 Å². The average molecular weight is 444 g/mol. The molecule has 0 bridgehead atoms. The fraction of sp³-hybridized carbons (Fsp3) is 0.522. The van der Waals surface area contributed by atoms with Gasteiger partial charge in [0.05, 0.1) is 16.9 Å². The number of imidazole rings is 1. The SMILES string of the molecule is Fc1c(Cl)cccc1Nc1nc2cnc(CC3CCOCC3)nc2n1C1CCCCC1. The molecule has 1 saturated carbocycles. The molecule has 164 valence electrons. The molecule has 0 spiro atoms. The van der Waals surface area contributed by atoms with Crippen molar-refractivity contribution in [3.05, 3.63) is 41.1 Å². The van der Waals surface area contributed by atoms with Crippen LogP contribution in [-0.4, -0.2) is 32.7 Å². The number of rotatable bonds is 5. The first-order valence-corrected chi connectivity index (χ1v) is 11.6. The molecule has 0 atom stereocenters. The lowest BCUT2D eigenvalue weighted by molar-refractivity contribution is 0.0660. The quantitative estimate of drug-likeness (QED) is 0.536. The van der Waals surface area contributed by atoms with Gasteiger partial charge in [-0.2, -0.15) is 0 Å². The highest BCUT2D eigenvalue weighted by atomic mass is 35.5. The zero-order valence-electron chi connectivity index (χ0n) is 17.5. The maximum atomic E-state index is 14.6. The van der Waals surface area contributed by atoms with Crippen LogP contribution in [0.5, 0.6) is 0 Å². The Morgan fingerprint density at radius 1 is 1.10 bits per heavy atom. The van der Waals surface area contributed by atoms with Crippen LogP contribution < -0.4 is 5.32 Å². The highest BCUT2D eigenvalue weighted by Gasteiger charge is 2.24. The molecular formula is C23H27ClFN5O. The Labute approximate surface area is 186 Å². The average Bonchev–Trinajstić information content (AvgIpc) is 3.15. The Morgan fingerprint density at radius 3 is 2.71 bits per heavy atom. The number of benzene rings is 1. The molecule has 3 heterocycles. The summed E-state index contributed by atoms with van der Waals surface area (Å²) in [5, 5.41) is 3.26. The number of nitrogens with one attached hydrogen (secondary N) is 1. The van der Waals surface area contributed by atoms with Crippen LogP contribution in [0, 0.1) is 11.7 Å². The van der Waals surface area contributed by atoms with Gasteiger partial charge in [0.1, 0.15) is 11.3 Å². The highest BCUT2D eigenvalue weighted by molar-refractivity contribution is 6.31. The van der Waals surface area contributed by atoms with Crippen molar-refractivity contribution in [3.63, 3.8) is 0 Å². The first-order valence-electron chi connectivity index (χ1n) is 11.2. The third kappa shape index (κ3) is 4.39. The van der Waals surface area contributed by atoms with E-state index >= 15 is 0 Å². The van der Waals surface area contributed by atoms with E-state index in [1.54, 1.807) is 24.4 Å². The summed E-state index contributed by atoms with van der Waals surface area (Å²) in [5.41, 5.74) is 1.87. The Bertz CT molecular complexity index is 1060. The van der Waals surface area contributed by atoms with Gasteiger partial charge in [-0.05, 0) is 43.7 Å². The molecule has 8 heteroatoms. The van der Waals surface area contributed by atoms with Crippen LogP contribution in [0.3, 0.4) is 0 Å². The predicted octanol–water partition coefficient (Wildman–Crippen LogP) is 5.84. The van der Waals surface area contributed by atoms with Gasteiger partial charge in [0.25, 0.3) is 0 Å². The third-order valence-electron chi connectivity index (χ3n) is 6.43. The van der Waals surface area contributed by atoms with Crippen molar-refractivity contribution in [1.82, 2.24) is 19.5 Å². The summed E-state index contributed by atoms with van der Waals surface area (Å²) in [6.07, 6.45) is 10.5. The van der Waals surface area contributed by atoms with Crippen LogP contribution >= 0.6 is 11.6 Å². The summed E-state index contributed by atoms with van der Waals surface area (Å²) >= 11 is 5.99. The van der Waals surface area contributed by atoms with Crippen molar-refractivity contribution in [2.24, 2.45) is 5.92 Å². The van der Waals surface area contributed by atoms with E-state index in [4.69, 9.17) is 26.3 Å². The lowest BCUT2D eigenvalue weighted by Crippen LogP contribution is -2.19. The fourth-order valence-electron chi connectivity index (χ4n) is 4.73. The van der Waals surface area contributed by atoms with Gasteiger partial charge in [-0.25, -0.2) is 19.3 Å². The number of halogens is 2. The van der Waals surface area contributed by atoms with Gasteiger partial charge in [0.15, 0.2) is 11.5 Å². The molecule has 3 aromatic rings. The Kier molecular flexibility index (Phi) is 6.05. The van der Waals surface area contributed by atoms with Crippen LogP contribution in [0.4, 0.5) is 16.0 Å². The number of aromatic nitrogens is 4. The van der Waals surface area contributed by atoms with Crippen molar-refractivity contribution in [2.45, 2.75) is 57.4 Å². The number of fused-ring (bicyclic) bond motifs is 1. The highest BCUT2D eigenvalue weighted by Crippen LogP contribution is 2.35. The zero-order chi connectivity index (χ0) is 21.2. The Morgan fingerprint density at radius 2 is 1.90 bits per heavy atom. The molecule has 1 aromatic carbocycles. The van der Waals surface area contributed by atoms with Crippen LogP contribution in [0.25, 0.3) is 11.2 Å². The van der Waals surface area contributed by atoms with Gasteiger partial charge in [-0.15, -0.1) is 0 Å². The first-order chi connectivity index (χ1) is 15.2. The van der Waals surface area contributed by atoms with E-state index in [2.05, 4.69) is 14.9 Å². The second kappa shape index (κ2) is 9.09. The van der Waals surface area contributed by atoms with Crippen LogP contribution in [0.1, 0.15) is 56.8 Å². The van der Waals surface area contributed by atoms with Gasteiger partial charge >= 0.3 is 0 Å². The summed E-state index contributed by atoms with van der Waals surface area (Å²) in [4.78, 5) is 14.3. The Balaban J connectivity index is 1.53. The largest absolute Gasteiger partial charge is 0.381 e. The van der Waals surface area contributed by atoms with Gasteiger partial charge in [0.2, 0.25) is 5.95 Å². The van der Waals surface area contributed by atoms with E-state index in [1.165, 1.54) is 19.3 Å². The molecule has 2 aromatic heterocycles. The normalized spacial score (nSPS) is 18.5. The molecule has 0 radical (unpaired) electrons.